The maximum atomic E-state index is 12.8. The maximum Gasteiger partial charge on any atom is 2.00 e. The summed E-state index contributed by atoms with van der Waals surface area (Å²) in [5.74, 6) is 0.0762. The molecule has 2 aromatic carbocycles. The Kier molecular flexibility index (Phi) is 5.95. The molecule has 0 saturated carbocycles. The molecule has 0 unspecified atom stereocenters. The van der Waals surface area contributed by atoms with E-state index in [0.717, 1.165) is 55.5 Å². The second kappa shape index (κ2) is 9.18. The summed E-state index contributed by atoms with van der Waals surface area (Å²) in [6, 6.07) is 16.0. The van der Waals surface area contributed by atoms with Gasteiger partial charge in [-0.05, 0) is 91.3 Å². The Morgan fingerprint density at radius 3 is 1.39 bits per heavy atom. The van der Waals surface area contributed by atoms with Crippen molar-refractivity contribution in [1.82, 2.24) is 19.9 Å². The molecular weight excluding hydrogens is 505 g/mol. The number of pyridine rings is 4. The summed E-state index contributed by atoms with van der Waals surface area (Å²) in [5, 5.41) is 28.8. The molecule has 7 heteroatoms. The molecule has 6 aromatic rings. The fourth-order valence-corrected chi connectivity index (χ4v) is 6.37. The monoisotopic (exact) mass is 531 g/mol. The van der Waals surface area contributed by atoms with Crippen molar-refractivity contribution in [3.8, 4) is 34.0 Å². The molecule has 0 bridgehead atoms. The van der Waals surface area contributed by atoms with Gasteiger partial charge in [0.05, 0.1) is 11.4 Å². The van der Waals surface area contributed by atoms with Crippen LogP contribution in [-0.4, -0.2) is 30.1 Å². The SMILES string of the molecule is CC1(C)c2cccnc2-c2c1cc1ccncc1c2[O-].CC1(C)c2cccnc2-c2c1cc1ccncc1c2[O-].[Be+2]. The van der Waals surface area contributed by atoms with Crippen LogP contribution in [0.3, 0.4) is 0 Å². The molecule has 8 rings (SSSR count). The van der Waals surface area contributed by atoms with E-state index in [9.17, 15) is 10.2 Å². The summed E-state index contributed by atoms with van der Waals surface area (Å²) in [4.78, 5) is 17.0. The zero-order valence-corrected chi connectivity index (χ0v) is 23.4. The van der Waals surface area contributed by atoms with Gasteiger partial charge in [0.25, 0.3) is 0 Å². The van der Waals surface area contributed by atoms with E-state index in [2.05, 4.69) is 71.9 Å². The Hall–Kier alpha value is -4.67. The standard InChI is InChI=1S/2C17H14N2O.Be/c2*1-17(2)12-4-3-6-19-15(12)14-13(17)8-10-5-7-18-9-11(10)16(14)20;/h2*3-9,20H,1-2H3;/q;;+2/p-2. The largest absolute Gasteiger partial charge is 2.00 e. The quantitative estimate of drug-likeness (QED) is 0.235. The first kappa shape index (κ1) is 26.5. The first-order valence-corrected chi connectivity index (χ1v) is 13.3. The topological polar surface area (TPSA) is 97.7 Å². The van der Waals surface area contributed by atoms with E-state index in [4.69, 9.17) is 0 Å². The van der Waals surface area contributed by atoms with Crippen molar-refractivity contribution in [3.05, 3.63) is 108 Å². The predicted octanol–water partition coefficient (Wildman–Crippen LogP) is 5.64. The van der Waals surface area contributed by atoms with Gasteiger partial charge in [-0.1, -0.05) is 51.3 Å². The molecule has 0 fully saturated rings. The first-order chi connectivity index (χ1) is 19.2. The summed E-state index contributed by atoms with van der Waals surface area (Å²) in [6.45, 7) is 8.58. The summed E-state index contributed by atoms with van der Waals surface area (Å²) >= 11 is 0. The summed E-state index contributed by atoms with van der Waals surface area (Å²) in [7, 11) is 0. The Labute approximate surface area is 242 Å². The zero-order valence-electron chi connectivity index (χ0n) is 23.4. The second-order valence-electron chi connectivity index (χ2n) is 11.5. The molecular formula is C34H26BeN4O2. The molecule has 0 atom stereocenters. The predicted molar refractivity (Wildman–Crippen MR) is 159 cm³/mol. The smallest absolute Gasteiger partial charge is 0.872 e. The third kappa shape index (κ3) is 3.68. The fraction of sp³-hybridized carbons (Fsp3) is 0.176. The minimum Gasteiger partial charge on any atom is -0.872 e. The molecule has 41 heavy (non-hydrogen) atoms. The number of aromatic nitrogens is 4. The van der Waals surface area contributed by atoms with Crippen LogP contribution in [-0.2, 0) is 10.8 Å². The Balaban J connectivity index is 0.000000144. The molecule has 4 heterocycles. The molecule has 0 saturated heterocycles. The van der Waals surface area contributed by atoms with E-state index in [1.54, 1.807) is 37.2 Å². The number of hydrogen-bond donors (Lipinski definition) is 0. The van der Waals surface area contributed by atoms with Gasteiger partial charge in [0.2, 0.25) is 0 Å². The minimum absolute atomic E-state index is 0. The minimum atomic E-state index is -0.185. The van der Waals surface area contributed by atoms with E-state index >= 15 is 0 Å². The van der Waals surface area contributed by atoms with Gasteiger partial charge in [-0.3, -0.25) is 19.9 Å². The van der Waals surface area contributed by atoms with Crippen LogP contribution in [0.15, 0.2) is 85.7 Å². The summed E-state index contributed by atoms with van der Waals surface area (Å²) < 4.78 is 0. The van der Waals surface area contributed by atoms with Gasteiger partial charge in [0, 0.05) is 48.0 Å². The van der Waals surface area contributed by atoms with Crippen molar-refractivity contribution in [2.75, 3.05) is 0 Å². The van der Waals surface area contributed by atoms with E-state index < -0.39 is 0 Å². The third-order valence-corrected chi connectivity index (χ3v) is 8.57. The Morgan fingerprint density at radius 2 is 0.976 bits per heavy atom. The molecule has 2 aliphatic carbocycles. The Morgan fingerprint density at radius 1 is 0.561 bits per heavy atom. The van der Waals surface area contributed by atoms with Gasteiger partial charge < -0.3 is 10.2 Å². The molecule has 0 amide bonds. The van der Waals surface area contributed by atoms with Crippen LogP contribution in [0, 0.1) is 0 Å². The molecule has 6 nitrogen and oxygen atoms in total. The van der Waals surface area contributed by atoms with Crippen molar-refractivity contribution in [3.63, 3.8) is 0 Å². The molecule has 0 N–H and O–H groups in total. The van der Waals surface area contributed by atoms with Crippen LogP contribution in [0.4, 0.5) is 0 Å². The van der Waals surface area contributed by atoms with Crippen molar-refractivity contribution < 1.29 is 10.2 Å². The molecule has 0 radical (unpaired) electrons. The van der Waals surface area contributed by atoms with Gasteiger partial charge in [0.15, 0.2) is 0 Å². The number of hydrogen-bond acceptors (Lipinski definition) is 6. The van der Waals surface area contributed by atoms with E-state index in [0.29, 0.717) is 10.8 Å². The van der Waals surface area contributed by atoms with Crippen LogP contribution in [0.1, 0.15) is 49.9 Å². The van der Waals surface area contributed by atoms with E-state index in [1.165, 1.54) is 0 Å². The van der Waals surface area contributed by atoms with Crippen molar-refractivity contribution in [1.29, 1.82) is 0 Å². The molecule has 0 aliphatic heterocycles. The van der Waals surface area contributed by atoms with Gasteiger partial charge >= 0.3 is 10.1 Å². The number of fused-ring (bicyclic) bond motifs is 8. The summed E-state index contributed by atoms with van der Waals surface area (Å²) in [5.41, 5.74) is 7.13. The van der Waals surface area contributed by atoms with Gasteiger partial charge in [-0.25, -0.2) is 0 Å². The fourth-order valence-electron chi connectivity index (χ4n) is 6.37. The van der Waals surface area contributed by atoms with Crippen LogP contribution in [0.25, 0.3) is 44.1 Å². The normalized spacial score (nSPS) is 14.7. The average Bonchev–Trinajstić information content (AvgIpc) is 3.34. The van der Waals surface area contributed by atoms with Crippen LogP contribution >= 0.6 is 0 Å². The average molecular weight is 532 g/mol. The van der Waals surface area contributed by atoms with Crippen LogP contribution in [0.2, 0.25) is 0 Å². The van der Waals surface area contributed by atoms with Gasteiger partial charge in [-0.15, -0.1) is 0 Å². The van der Waals surface area contributed by atoms with E-state index in [-0.39, 0.29) is 32.5 Å². The molecule has 4 aromatic heterocycles. The van der Waals surface area contributed by atoms with Crippen molar-refractivity contribution in [2.45, 2.75) is 38.5 Å². The van der Waals surface area contributed by atoms with Crippen LogP contribution < -0.4 is 10.2 Å². The summed E-state index contributed by atoms with van der Waals surface area (Å²) in [6.07, 6.45) is 10.2. The third-order valence-electron chi connectivity index (χ3n) is 8.57. The Bertz CT molecular complexity index is 1860. The van der Waals surface area contributed by atoms with Crippen molar-refractivity contribution >= 4 is 31.7 Å². The van der Waals surface area contributed by atoms with Gasteiger partial charge in [-0.2, -0.15) is 0 Å². The number of rotatable bonds is 0. The van der Waals surface area contributed by atoms with E-state index in [1.807, 2.05) is 24.3 Å². The maximum absolute atomic E-state index is 12.8. The number of nitrogens with zero attached hydrogens (tertiary/aromatic N) is 4. The van der Waals surface area contributed by atoms with Crippen LogP contribution in [0.5, 0.6) is 11.5 Å². The molecule has 196 valence electrons. The number of benzene rings is 2. The second-order valence-corrected chi connectivity index (χ2v) is 11.5. The molecule has 0 spiro atoms. The molecule has 2 aliphatic rings. The first-order valence-electron chi connectivity index (χ1n) is 13.3. The zero-order chi connectivity index (χ0) is 27.8. The van der Waals surface area contributed by atoms with Gasteiger partial charge in [0.1, 0.15) is 0 Å². The van der Waals surface area contributed by atoms with Crippen molar-refractivity contribution in [2.24, 2.45) is 0 Å².